The van der Waals surface area contributed by atoms with Crippen molar-refractivity contribution >= 4 is 17.3 Å². The van der Waals surface area contributed by atoms with Crippen molar-refractivity contribution in [3.05, 3.63) is 39.6 Å². The molecule has 1 fully saturated rings. The van der Waals surface area contributed by atoms with Crippen LogP contribution >= 0.6 is 0 Å². The third kappa shape index (κ3) is 2.87. The number of aryl methyl sites for hydroxylation is 4. The number of hydrogen-bond donors (Lipinski definition) is 0. The van der Waals surface area contributed by atoms with Gasteiger partial charge in [0.25, 0.3) is 0 Å². The van der Waals surface area contributed by atoms with Gasteiger partial charge in [0.1, 0.15) is 5.82 Å². The van der Waals surface area contributed by atoms with E-state index < -0.39 is 4.92 Å². The van der Waals surface area contributed by atoms with Gasteiger partial charge in [-0.2, -0.15) is 10.1 Å². The molecule has 1 aliphatic rings. The van der Waals surface area contributed by atoms with E-state index in [1.807, 2.05) is 7.05 Å². The smallest absolute Gasteiger partial charge is 0.316 e. The fourth-order valence-corrected chi connectivity index (χ4v) is 3.30. The summed E-state index contributed by atoms with van der Waals surface area (Å²) in [6.45, 7) is 3.70. The van der Waals surface area contributed by atoms with E-state index in [0.29, 0.717) is 24.2 Å². The number of nitrogens with zero attached hydrogens (tertiary/aromatic N) is 8. The van der Waals surface area contributed by atoms with Crippen LogP contribution in [-0.2, 0) is 19.9 Å². The number of anilines is 1. The fraction of sp³-hybridized carbons (Fsp3) is 0.500. The molecular weight excluding hydrogens is 336 g/mol. The number of fused-ring (bicyclic) bond motifs is 1. The highest BCUT2D eigenvalue weighted by molar-refractivity contribution is 5.62. The van der Waals surface area contributed by atoms with Crippen molar-refractivity contribution in [3.63, 3.8) is 0 Å². The van der Waals surface area contributed by atoms with Crippen molar-refractivity contribution in [2.75, 3.05) is 18.0 Å². The van der Waals surface area contributed by atoms with Crippen LogP contribution in [0.1, 0.15) is 30.1 Å². The van der Waals surface area contributed by atoms with Crippen molar-refractivity contribution in [2.45, 2.75) is 32.6 Å². The van der Waals surface area contributed by atoms with Crippen LogP contribution in [0.4, 0.5) is 11.6 Å². The molecule has 10 nitrogen and oxygen atoms in total. The Morgan fingerprint density at radius 1 is 1.19 bits per heavy atom. The minimum Gasteiger partial charge on any atom is -0.340 e. The lowest BCUT2D eigenvalue weighted by Gasteiger charge is -2.10. The molecular formula is C16H20N8O2. The van der Waals surface area contributed by atoms with Gasteiger partial charge >= 0.3 is 5.69 Å². The first-order valence-corrected chi connectivity index (χ1v) is 8.67. The lowest BCUT2D eigenvalue weighted by atomic mass is 10.2. The Labute approximate surface area is 149 Å². The largest absolute Gasteiger partial charge is 0.340 e. The van der Waals surface area contributed by atoms with Gasteiger partial charge in [-0.1, -0.05) is 0 Å². The van der Waals surface area contributed by atoms with Gasteiger partial charge in [-0.3, -0.25) is 14.8 Å². The minimum atomic E-state index is -0.409. The Morgan fingerprint density at radius 3 is 2.69 bits per heavy atom. The van der Waals surface area contributed by atoms with Crippen molar-refractivity contribution in [1.29, 1.82) is 0 Å². The Morgan fingerprint density at radius 2 is 1.96 bits per heavy atom. The van der Waals surface area contributed by atoms with Crippen LogP contribution in [-0.4, -0.2) is 47.4 Å². The molecule has 0 unspecified atom stereocenters. The third-order valence-electron chi connectivity index (χ3n) is 4.71. The van der Waals surface area contributed by atoms with Gasteiger partial charge in [0, 0.05) is 44.7 Å². The molecule has 26 heavy (non-hydrogen) atoms. The molecule has 0 N–H and O–H groups in total. The summed E-state index contributed by atoms with van der Waals surface area (Å²) in [7, 11) is 1.88. The molecule has 136 valence electrons. The van der Waals surface area contributed by atoms with E-state index in [-0.39, 0.29) is 11.3 Å². The summed E-state index contributed by atoms with van der Waals surface area (Å²) in [6, 6.07) is 1.68. The average molecular weight is 356 g/mol. The van der Waals surface area contributed by atoms with E-state index in [9.17, 15) is 10.1 Å². The summed E-state index contributed by atoms with van der Waals surface area (Å²) >= 11 is 0. The van der Waals surface area contributed by atoms with E-state index in [4.69, 9.17) is 0 Å². The summed E-state index contributed by atoms with van der Waals surface area (Å²) < 4.78 is 3.25. The SMILES string of the molecule is Cc1ccn2nc(CCc3nc(N4CCCC4)nn3C)nc2c1[N+](=O)[O-]. The molecule has 0 bridgehead atoms. The normalized spacial score (nSPS) is 14.5. The van der Waals surface area contributed by atoms with Gasteiger partial charge in [-0.25, -0.2) is 9.50 Å². The van der Waals surface area contributed by atoms with Crippen LogP contribution in [0.25, 0.3) is 5.65 Å². The number of hydrogen-bond acceptors (Lipinski definition) is 7. The zero-order chi connectivity index (χ0) is 18.3. The van der Waals surface area contributed by atoms with Crippen molar-refractivity contribution in [1.82, 2.24) is 29.4 Å². The first-order chi connectivity index (χ1) is 12.5. The Hall–Kier alpha value is -3.04. The van der Waals surface area contributed by atoms with Crippen LogP contribution < -0.4 is 4.90 Å². The average Bonchev–Trinajstić information content (AvgIpc) is 3.31. The highest BCUT2D eigenvalue weighted by Gasteiger charge is 2.21. The van der Waals surface area contributed by atoms with E-state index in [2.05, 4.69) is 25.1 Å². The van der Waals surface area contributed by atoms with Gasteiger partial charge in [0.2, 0.25) is 11.6 Å². The summed E-state index contributed by atoms with van der Waals surface area (Å²) in [5, 5.41) is 20.1. The second-order valence-electron chi connectivity index (χ2n) is 6.55. The zero-order valence-electron chi connectivity index (χ0n) is 14.8. The fourth-order valence-electron chi connectivity index (χ4n) is 3.30. The lowest BCUT2D eigenvalue weighted by Crippen LogP contribution is -2.19. The molecule has 1 saturated heterocycles. The molecule has 0 spiro atoms. The van der Waals surface area contributed by atoms with Gasteiger partial charge in [-0.15, -0.1) is 5.10 Å². The first kappa shape index (κ1) is 16.4. The molecule has 1 aliphatic heterocycles. The highest BCUT2D eigenvalue weighted by Crippen LogP contribution is 2.23. The van der Waals surface area contributed by atoms with E-state index in [1.54, 1.807) is 23.9 Å². The molecule has 0 atom stereocenters. The Balaban J connectivity index is 1.55. The molecule has 0 amide bonds. The summed E-state index contributed by atoms with van der Waals surface area (Å²) in [5.41, 5.74) is 0.854. The topological polar surface area (TPSA) is 107 Å². The molecule has 3 aromatic rings. The number of nitro groups is 1. The molecule has 0 aromatic carbocycles. The minimum absolute atomic E-state index is 0.00114. The van der Waals surface area contributed by atoms with E-state index in [0.717, 1.165) is 24.9 Å². The summed E-state index contributed by atoms with van der Waals surface area (Å²) in [5.74, 6) is 2.19. The maximum atomic E-state index is 11.3. The van der Waals surface area contributed by atoms with Crippen molar-refractivity contribution in [3.8, 4) is 0 Å². The quantitative estimate of drug-likeness (QED) is 0.503. The Bertz CT molecular complexity index is 970. The summed E-state index contributed by atoms with van der Waals surface area (Å²) in [4.78, 5) is 22.1. The lowest BCUT2D eigenvalue weighted by molar-refractivity contribution is -0.384. The van der Waals surface area contributed by atoms with Crippen LogP contribution in [0.2, 0.25) is 0 Å². The molecule has 0 saturated carbocycles. The summed E-state index contributed by atoms with van der Waals surface area (Å²) in [6.07, 6.45) is 5.22. The van der Waals surface area contributed by atoms with Gasteiger partial charge in [0.05, 0.1) is 4.92 Å². The van der Waals surface area contributed by atoms with Crippen LogP contribution in [0.15, 0.2) is 12.3 Å². The monoisotopic (exact) mass is 356 g/mol. The standard InChI is InChI=1S/C16H20N8O2/c1-11-7-10-23-15(14(11)24(25)26)17-12(19-23)5-6-13-18-16(20-21(13)2)22-8-3-4-9-22/h7,10H,3-6,8-9H2,1-2H3. The predicted octanol–water partition coefficient (Wildman–Crippen LogP) is 1.46. The number of pyridine rings is 1. The zero-order valence-corrected chi connectivity index (χ0v) is 14.8. The van der Waals surface area contributed by atoms with Crippen molar-refractivity contribution in [2.24, 2.45) is 7.05 Å². The first-order valence-electron chi connectivity index (χ1n) is 8.67. The molecule has 0 aliphatic carbocycles. The van der Waals surface area contributed by atoms with E-state index in [1.165, 1.54) is 17.4 Å². The molecule has 10 heteroatoms. The maximum Gasteiger partial charge on any atom is 0.316 e. The predicted molar refractivity (Wildman–Crippen MR) is 94.2 cm³/mol. The Kier molecular flexibility index (Phi) is 4.02. The second-order valence-corrected chi connectivity index (χ2v) is 6.55. The molecule has 4 heterocycles. The molecule has 3 aromatic heterocycles. The number of aromatic nitrogens is 6. The third-order valence-corrected chi connectivity index (χ3v) is 4.71. The van der Waals surface area contributed by atoms with Gasteiger partial charge in [0.15, 0.2) is 5.82 Å². The van der Waals surface area contributed by atoms with Gasteiger partial charge in [-0.05, 0) is 25.8 Å². The number of rotatable bonds is 5. The van der Waals surface area contributed by atoms with Crippen molar-refractivity contribution < 1.29 is 4.92 Å². The van der Waals surface area contributed by atoms with Gasteiger partial charge < -0.3 is 4.90 Å². The van der Waals surface area contributed by atoms with Crippen LogP contribution in [0.5, 0.6) is 0 Å². The highest BCUT2D eigenvalue weighted by atomic mass is 16.6. The van der Waals surface area contributed by atoms with E-state index >= 15 is 0 Å². The van der Waals surface area contributed by atoms with Crippen LogP contribution in [0, 0.1) is 17.0 Å². The molecule has 0 radical (unpaired) electrons. The maximum absolute atomic E-state index is 11.3. The van der Waals surface area contributed by atoms with Crippen LogP contribution in [0.3, 0.4) is 0 Å². The second kappa shape index (κ2) is 6.36. The molecule has 4 rings (SSSR count).